The SMILES string of the molecule is CC(C)=CCN1C2CCC1CC(N1c3ccccc3Sc3cc(-c4ccncc4)ccc31)C2. The quantitative estimate of drug-likeness (QED) is 0.386. The molecule has 1 aromatic heterocycles. The van der Waals surface area contributed by atoms with Gasteiger partial charge in [0.05, 0.1) is 11.4 Å². The molecule has 0 N–H and O–H groups in total. The van der Waals surface area contributed by atoms with Gasteiger partial charge in [-0.05, 0) is 87.1 Å². The minimum absolute atomic E-state index is 0.554. The number of nitrogens with zero attached hydrogens (tertiary/aromatic N) is 3. The van der Waals surface area contributed by atoms with Crippen molar-refractivity contribution in [1.29, 1.82) is 0 Å². The van der Waals surface area contributed by atoms with E-state index in [1.807, 2.05) is 24.2 Å². The molecular formula is C29H31N3S. The van der Waals surface area contributed by atoms with E-state index in [-0.39, 0.29) is 0 Å². The fraction of sp³-hybridized carbons (Fsp3) is 0.345. The Bertz CT molecular complexity index is 1170. The zero-order chi connectivity index (χ0) is 22.4. The van der Waals surface area contributed by atoms with Crippen molar-refractivity contribution >= 4 is 23.1 Å². The highest BCUT2D eigenvalue weighted by Crippen LogP contribution is 2.52. The number of allylic oxidation sites excluding steroid dienone is 1. The van der Waals surface area contributed by atoms with Gasteiger partial charge in [-0.2, -0.15) is 0 Å². The third kappa shape index (κ3) is 3.89. The highest BCUT2D eigenvalue weighted by Gasteiger charge is 2.43. The van der Waals surface area contributed by atoms with Crippen LogP contribution in [0.5, 0.6) is 0 Å². The van der Waals surface area contributed by atoms with Crippen LogP contribution in [-0.4, -0.2) is 34.6 Å². The van der Waals surface area contributed by atoms with Crippen LogP contribution in [0, 0.1) is 0 Å². The Hall–Kier alpha value is -2.56. The van der Waals surface area contributed by atoms with Crippen LogP contribution >= 0.6 is 11.8 Å². The van der Waals surface area contributed by atoms with Gasteiger partial charge in [-0.25, -0.2) is 0 Å². The van der Waals surface area contributed by atoms with Gasteiger partial charge in [0, 0.05) is 46.9 Å². The fourth-order valence-corrected chi connectivity index (χ4v) is 7.06. The van der Waals surface area contributed by atoms with Gasteiger partial charge in [0.15, 0.2) is 0 Å². The van der Waals surface area contributed by atoms with Crippen LogP contribution in [0.4, 0.5) is 11.4 Å². The molecule has 2 atom stereocenters. The van der Waals surface area contributed by atoms with Crippen molar-refractivity contribution in [2.75, 3.05) is 11.4 Å². The monoisotopic (exact) mass is 453 g/mol. The summed E-state index contributed by atoms with van der Waals surface area (Å²) in [5, 5.41) is 0. The first-order chi connectivity index (χ1) is 16.2. The molecule has 2 fully saturated rings. The van der Waals surface area contributed by atoms with E-state index in [0.717, 1.165) is 6.54 Å². The molecule has 0 saturated carbocycles. The van der Waals surface area contributed by atoms with Gasteiger partial charge >= 0.3 is 0 Å². The molecule has 2 aromatic carbocycles. The number of rotatable bonds is 4. The summed E-state index contributed by atoms with van der Waals surface area (Å²) in [7, 11) is 0. The van der Waals surface area contributed by atoms with Gasteiger partial charge in [-0.3, -0.25) is 9.88 Å². The van der Waals surface area contributed by atoms with Gasteiger partial charge in [0.1, 0.15) is 0 Å². The molecule has 4 heteroatoms. The van der Waals surface area contributed by atoms with Gasteiger partial charge in [-0.1, -0.05) is 41.6 Å². The molecule has 0 radical (unpaired) electrons. The number of benzene rings is 2. The van der Waals surface area contributed by atoms with E-state index >= 15 is 0 Å². The second kappa shape index (κ2) is 8.66. The van der Waals surface area contributed by atoms with Crippen molar-refractivity contribution in [3.63, 3.8) is 0 Å². The zero-order valence-electron chi connectivity index (χ0n) is 19.4. The smallest absolute Gasteiger partial charge is 0.0555 e. The van der Waals surface area contributed by atoms with E-state index < -0.39 is 0 Å². The number of piperidine rings is 1. The summed E-state index contributed by atoms with van der Waals surface area (Å²) < 4.78 is 0. The van der Waals surface area contributed by atoms with Crippen molar-refractivity contribution < 1.29 is 0 Å². The Labute approximate surface area is 201 Å². The van der Waals surface area contributed by atoms with Crippen molar-refractivity contribution in [3.05, 3.63) is 78.6 Å². The Morgan fingerprint density at radius 2 is 1.61 bits per heavy atom. The van der Waals surface area contributed by atoms with Crippen molar-refractivity contribution in [1.82, 2.24) is 9.88 Å². The summed E-state index contributed by atoms with van der Waals surface area (Å²) in [6, 6.07) is 22.1. The maximum Gasteiger partial charge on any atom is 0.0555 e. The van der Waals surface area contributed by atoms with Gasteiger partial charge in [-0.15, -0.1) is 0 Å². The summed E-state index contributed by atoms with van der Waals surface area (Å²) in [6.45, 7) is 5.55. The lowest BCUT2D eigenvalue weighted by atomic mass is 9.94. The summed E-state index contributed by atoms with van der Waals surface area (Å²) in [4.78, 5) is 12.4. The van der Waals surface area contributed by atoms with Crippen LogP contribution in [0.3, 0.4) is 0 Å². The van der Waals surface area contributed by atoms with Crippen LogP contribution in [0.15, 0.2) is 88.4 Å². The minimum atomic E-state index is 0.554. The molecule has 3 nitrogen and oxygen atoms in total. The van der Waals surface area contributed by atoms with Crippen molar-refractivity contribution in [3.8, 4) is 11.1 Å². The second-order valence-corrected chi connectivity index (χ2v) is 10.9. The fourth-order valence-electron chi connectivity index (χ4n) is 5.95. The molecule has 0 spiro atoms. The lowest BCUT2D eigenvalue weighted by molar-refractivity contribution is 0.143. The molecule has 0 aliphatic carbocycles. The number of aromatic nitrogens is 1. The standard InChI is InChI=1S/C29H31N3S/c1-20(2)13-16-31-23-8-9-24(31)19-25(18-23)32-26-5-3-4-6-28(26)33-29-17-22(7-10-27(29)32)21-11-14-30-15-12-21/h3-7,10-15,17,23-25H,8-9,16,18-19H2,1-2H3. The average molecular weight is 454 g/mol. The lowest BCUT2D eigenvalue weighted by Gasteiger charge is -2.46. The first kappa shape index (κ1) is 21.0. The maximum atomic E-state index is 4.19. The Morgan fingerprint density at radius 3 is 2.36 bits per heavy atom. The van der Waals surface area contributed by atoms with Crippen molar-refractivity contribution in [2.24, 2.45) is 0 Å². The van der Waals surface area contributed by atoms with E-state index in [0.29, 0.717) is 18.1 Å². The van der Waals surface area contributed by atoms with Gasteiger partial charge in [0.25, 0.3) is 0 Å². The highest BCUT2D eigenvalue weighted by atomic mass is 32.2. The number of para-hydroxylation sites is 1. The van der Waals surface area contributed by atoms with E-state index in [2.05, 4.69) is 89.3 Å². The van der Waals surface area contributed by atoms with Crippen LogP contribution in [-0.2, 0) is 0 Å². The summed E-state index contributed by atoms with van der Waals surface area (Å²) in [5.41, 5.74) is 6.67. The number of fused-ring (bicyclic) bond motifs is 4. The van der Waals surface area contributed by atoms with Crippen LogP contribution < -0.4 is 4.90 Å². The highest BCUT2D eigenvalue weighted by molar-refractivity contribution is 7.99. The maximum absolute atomic E-state index is 4.19. The van der Waals surface area contributed by atoms with E-state index in [9.17, 15) is 0 Å². The molecule has 6 rings (SSSR count). The normalized spacial score (nSPS) is 23.7. The first-order valence-corrected chi connectivity index (χ1v) is 13.0. The molecule has 2 unspecified atom stereocenters. The molecule has 3 aromatic rings. The van der Waals surface area contributed by atoms with Gasteiger partial charge in [0.2, 0.25) is 0 Å². The lowest BCUT2D eigenvalue weighted by Crippen LogP contribution is -2.49. The Kier molecular flexibility index (Phi) is 5.51. The molecule has 2 saturated heterocycles. The average Bonchev–Trinajstić information content (AvgIpc) is 3.08. The molecule has 3 aliphatic rings. The Balaban J connectivity index is 1.35. The molecule has 3 aliphatic heterocycles. The zero-order valence-corrected chi connectivity index (χ0v) is 20.3. The van der Waals surface area contributed by atoms with E-state index in [1.165, 1.54) is 63.5 Å². The summed E-state index contributed by atoms with van der Waals surface area (Å²) in [6.07, 6.45) is 11.3. The predicted octanol–water partition coefficient (Wildman–Crippen LogP) is 7.31. The van der Waals surface area contributed by atoms with Crippen LogP contribution in [0.25, 0.3) is 11.1 Å². The first-order valence-electron chi connectivity index (χ1n) is 12.2. The predicted molar refractivity (Wildman–Crippen MR) is 138 cm³/mol. The molecular weight excluding hydrogens is 422 g/mol. The molecule has 4 heterocycles. The van der Waals surface area contributed by atoms with E-state index in [1.54, 1.807) is 0 Å². The molecule has 0 amide bonds. The third-order valence-electron chi connectivity index (χ3n) is 7.51. The van der Waals surface area contributed by atoms with Gasteiger partial charge < -0.3 is 4.90 Å². The van der Waals surface area contributed by atoms with E-state index in [4.69, 9.17) is 0 Å². The van der Waals surface area contributed by atoms with Crippen LogP contribution in [0.2, 0.25) is 0 Å². The third-order valence-corrected chi connectivity index (χ3v) is 8.62. The van der Waals surface area contributed by atoms with Crippen LogP contribution in [0.1, 0.15) is 39.5 Å². The summed E-state index contributed by atoms with van der Waals surface area (Å²) >= 11 is 1.91. The topological polar surface area (TPSA) is 19.4 Å². The minimum Gasteiger partial charge on any atom is -0.336 e. The molecule has 168 valence electrons. The number of hydrogen-bond acceptors (Lipinski definition) is 4. The summed E-state index contributed by atoms with van der Waals surface area (Å²) in [5.74, 6) is 0. The van der Waals surface area contributed by atoms with Crippen molar-refractivity contribution in [2.45, 2.75) is 67.4 Å². The number of hydrogen-bond donors (Lipinski definition) is 0. The largest absolute Gasteiger partial charge is 0.336 e. The Morgan fingerprint density at radius 1 is 0.879 bits per heavy atom. The molecule has 2 bridgehead atoms. The number of pyridine rings is 1. The number of anilines is 2. The molecule has 33 heavy (non-hydrogen) atoms. The second-order valence-electron chi connectivity index (χ2n) is 9.85.